The van der Waals surface area contributed by atoms with Crippen LogP contribution in [-0.4, -0.2) is 36.2 Å². The van der Waals surface area contributed by atoms with Crippen LogP contribution in [0.15, 0.2) is 97.1 Å². The summed E-state index contributed by atoms with van der Waals surface area (Å²) in [6, 6.07) is 26.8. The van der Waals surface area contributed by atoms with Crippen LogP contribution in [0.1, 0.15) is 34.7 Å². The number of aliphatic carboxylic acids is 1. The molecule has 0 bridgehead atoms. The summed E-state index contributed by atoms with van der Waals surface area (Å²) in [6.07, 6.45) is -1.07. The number of carboxylic acids is 1. The van der Waals surface area contributed by atoms with Gasteiger partial charge in [-0.2, -0.15) is 0 Å². The van der Waals surface area contributed by atoms with Crippen molar-refractivity contribution in [2.45, 2.75) is 32.4 Å². The second kappa shape index (κ2) is 15.6. The van der Waals surface area contributed by atoms with Crippen LogP contribution in [-0.2, 0) is 27.4 Å². The fourth-order valence-electron chi connectivity index (χ4n) is 4.46. The summed E-state index contributed by atoms with van der Waals surface area (Å²) >= 11 is 0. The van der Waals surface area contributed by atoms with Crippen molar-refractivity contribution < 1.29 is 33.8 Å². The van der Waals surface area contributed by atoms with Crippen LogP contribution in [0.2, 0.25) is 0 Å². The zero-order valence-corrected chi connectivity index (χ0v) is 24.8. The van der Waals surface area contributed by atoms with E-state index in [4.69, 9.17) is 9.47 Å². The van der Waals surface area contributed by atoms with Crippen molar-refractivity contribution in [3.8, 4) is 5.75 Å². The highest BCUT2D eigenvalue weighted by atomic mass is 16.5. The normalized spacial score (nSPS) is 11.1. The van der Waals surface area contributed by atoms with E-state index in [9.17, 15) is 24.3 Å². The number of carboxylic acid groups (broad SMARTS) is 1. The van der Waals surface area contributed by atoms with Gasteiger partial charge in [0.15, 0.2) is 0 Å². The van der Waals surface area contributed by atoms with Gasteiger partial charge in [0, 0.05) is 11.4 Å². The van der Waals surface area contributed by atoms with E-state index in [2.05, 4.69) is 21.3 Å². The number of carbonyl (C=O) groups excluding carboxylic acids is 3. The van der Waals surface area contributed by atoms with Gasteiger partial charge in [-0.05, 0) is 59.5 Å². The first-order valence-electron chi connectivity index (χ1n) is 14.1. The van der Waals surface area contributed by atoms with E-state index in [1.54, 1.807) is 48.5 Å². The highest BCUT2D eigenvalue weighted by Gasteiger charge is 2.19. The third-order valence-corrected chi connectivity index (χ3v) is 6.75. The maximum Gasteiger partial charge on any atom is 0.407 e. The van der Waals surface area contributed by atoms with Gasteiger partial charge in [-0.25, -0.2) is 9.59 Å². The number of benzene rings is 4. The van der Waals surface area contributed by atoms with E-state index < -0.39 is 24.1 Å². The summed E-state index contributed by atoms with van der Waals surface area (Å²) in [4.78, 5) is 49.1. The quantitative estimate of drug-likeness (QED) is 0.127. The monoisotopic (exact) mass is 610 g/mol. The van der Waals surface area contributed by atoms with Gasteiger partial charge in [0.2, 0.25) is 5.91 Å². The molecule has 0 unspecified atom stereocenters. The van der Waals surface area contributed by atoms with Crippen molar-refractivity contribution in [1.29, 1.82) is 0 Å². The number of ether oxygens (including phenoxy) is 2. The second-order valence-corrected chi connectivity index (χ2v) is 10.1. The summed E-state index contributed by atoms with van der Waals surface area (Å²) in [5, 5.41) is 20.3. The van der Waals surface area contributed by atoms with Crippen LogP contribution < -0.4 is 26.0 Å². The molecular formula is C34H34N4O7. The Balaban J connectivity index is 1.32. The molecule has 0 saturated carbocycles. The van der Waals surface area contributed by atoms with Crippen LogP contribution in [0, 0.1) is 6.92 Å². The third-order valence-electron chi connectivity index (χ3n) is 6.75. The lowest BCUT2D eigenvalue weighted by molar-refractivity contribution is -0.137. The molecule has 5 N–H and O–H groups in total. The van der Waals surface area contributed by atoms with Crippen molar-refractivity contribution in [3.63, 3.8) is 0 Å². The SMILES string of the molecule is COc1cc(CC(=O)Nc2ccc([C@@H](CC(=O)O)NC(=O)OCc3ccccc3)cc2)ccc1NC(=O)Nc1ccccc1C. The lowest BCUT2D eigenvalue weighted by Gasteiger charge is -2.18. The van der Waals surface area contributed by atoms with E-state index in [0.29, 0.717) is 33.9 Å². The van der Waals surface area contributed by atoms with Gasteiger partial charge in [0.25, 0.3) is 0 Å². The largest absolute Gasteiger partial charge is 0.495 e. The number of alkyl carbamates (subject to hydrolysis) is 1. The molecule has 4 amide bonds. The molecule has 0 radical (unpaired) electrons. The molecule has 0 fully saturated rings. The number of anilines is 3. The lowest BCUT2D eigenvalue weighted by atomic mass is 10.0. The standard InChI is InChI=1S/C34H34N4O7/c1-22-8-6-7-11-27(22)36-33(42)37-28-17-12-24(18-30(28)44-2)19-31(39)35-26-15-13-25(14-16-26)29(20-32(40)41)38-34(43)45-21-23-9-4-3-5-10-23/h3-18,29H,19-21H2,1-2H3,(H,35,39)(H,38,43)(H,40,41)(H2,36,37,42)/t29-/m1/s1. The zero-order valence-electron chi connectivity index (χ0n) is 24.8. The molecule has 11 nitrogen and oxygen atoms in total. The van der Waals surface area contributed by atoms with E-state index >= 15 is 0 Å². The molecule has 4 aromatic rings. The Morgan fingerprint density at radius 3 is 2.16 bits per heavy atom. The summed E-state index contributed by atoms with van der Waals surface area (Å²) in [7, 11) is 1.47. The van der Waals surface area contributed by atoms with Gasteiger partial charge in [-0.3, -0.25) is 9.59 Å². The fourth-order valence-corrected chi connectivity index (χ4v) is 4.46. The number of para-hydroxylation sites is 1. The smallest absolute Gasteiger partial charge is 0.407 e. The van der Waals surface area contributed by atoms with Gasteiger partial charge >= 0.3 is 18.1 Å². The van der Waals surface area contributed by atoms with Crippen LogP contribution in [0.3, 0.4) is 0 Å². The van der Waals surface area contributed by atoms with E-state index in [-0.39, 0.29) is 25.4 Å². The summed E-state index contributed by atoms with van der Waals surface area (Å²) in [5.74, 6) is -0.999. The molecule has 0 aliphatic heterocycles. The molecule has 45 heavy (non-hydrogen) atoms. The number of rotatable bonds is 12. The van der Waals surface area contributed by atoms with E-state index in [1.807, 2.05) is 55.5 Å². The summed E-state index contributed by atoms with van der Waals surface area (Å²) in [6.45, 7) is 1.94. The molecule has 11 heteroatoms. The molecular weight excluding hydrogens is 576 g/mol. The minimum absolute atomic E-state index is 0.0320. The average Bonchev–Trinajstić information content (AvgIpc) is 3.02. The average molecular weight is 611 g/mol. The number of urea groups is 1. The molecule has 4 rings (SSSR count). The van der Waals surface area contributed by atoms with Gasteiger partial charge in [-0.1, -0.05) is 66.7 Å². The van der Waals surface area contributed by atoms with Crippen molar-refractivity contribution in [2.75, 3.05) is 23.1 Å². The highest BCUT2D eigenvalue weighted by Crippen LogP contribution is 2.27. The van der Waals surface area contributed by atoms with Crippen molar-refractivity contribution in [3.05, 3.63) is 119 Å². The number of aryl methyl sites for hydroxylation is 1. The van der Waals surface area contributed by atoms with Crippen LogP contribution in [0.4, 0.5) is 26.7 Å². The second-order valence-electron chi connectivity index (χ2n) is 10.1. The number of hydrogen-bond acceptors (Lipinski definition) is 6. The Morgan fingerprint density at radius 1 is 0.778 bits per heavy atom. The van der Waals surface area contributed by atoms with Crippen LogP contribution in [0.25, 0.3) is 0 Å². The van der Waals surface area contributed by atoms with Crippen molar-refractivity contribution in [2.24, 2.45) is 0 Å². The van der Waals surface area contributed by atoms with Gasteiger partial charge in [-0.15, -0.1) is 0 Å². The minimum atomic E-state index is -1.09. The molecule has 232 valence electrons. The van der Waals surface area contributed by atoms with Crippen LogP contribution in [0.5, 0.6) is 5.75 Å². The number of carbonyl (C=O) groups is 4. The fraction of sp³-hybridized carbons (Fsp3) is 0.176. The molecule has 4 aromatic carbocycles. The van der Waals surface area contributed by atoms with Gasteiger partial charge < -0.3 is 35.8 Å². The Morgan fingerprint density at radius 2 is 1.47 bits per heavy atom. The maximum absolute atomic E-state index is 12.8. The Kier molecular flexibility index (Phi) is 11.1. The van der Waals surface area contributed by atoms with Crippen LogP contribution >= 0.6 is 0 Å². The van der Waals surface area contributed by atoms with Crippen molar-refractivity contribution >= 4 is 41.1 Å². The van der Waals surface area contributed by atoms with E-state index in [0.717, 1.165) is 11.1 Å². The Bertz CT molecular complexity index is 1640. The third kappa shape index (κ3) is 9.85. The first-order valence-corrected chi connectivity index (χ1v) is 14.1. The number of nitrogens with one attached hydrogen (secondary N) is 4. The first kappa shape index (κ1) is 32.1. The Hall–Kier alpha value is -5.84. The summed E-state index contributed by atoms with van der Waals surface area (Å²) < 4.78 is 10.7. The molecule has 0 spiro atoms. The molecule has 0 aromatic heterocycles. The van der Waals surface area contributed by atoms with Gasteiger partial charge in [0.05, 0.1) is 31.7 Å². The maximum atomic E-state index is 12.8. The molecule has 0 heterocycles. The number of amides is 4. The predicted octanol–water partition coefficient (Wildman–Crippen LogP) is 6.27. The highest BCUT2D eigenvalue weighted by molar-refractivity contribution is 6.01. The minimum Gasteiger partial charge on any atom is -0.495 e. The number of hydrogen-bond donors (Lipinski definition) is 5. The zero-order chi connectivity index (χ0) is 32.2. The van der Waals surface area contributed by atoms with Gasteiger partial charge in [0.1, 0.15) is 12.4 Å². The number of methoxy groups -OCH3 is 1. The molecule has 0 aliphatic rings. The lowest BCUT2D eigenvalue weighted by Crippen LogP contribution is -2.30. The predicted molar refractivity (Wildman–Crippen MR) is 170 cm³/mol. The molecule has 0 aliphatic carbocycles. The van der Waals surface area contributed by atoms with E-state index in [1.165, 1.54) is 7.11 Å². The Labute approximate surface area is 260 Å². The first-order chi connectivity index (χ1) is 21.7. The molecule has 1 atom stereocenters. The topological polar surface area (TPSA) is 155 Å². The summed E-state index contributed by atoms with van der Waals surface area (Å²) in [5.41, 5.74) is 4.53. The molecule has 0 saturated heterocycles. The van der Waals surface area contributed by atoms with Crippen molar-refractivity contribution in [1.82, 2.24) is 5.32 Å².